The lowest BCUT2D eigenvalue weighted by Crippen LogP contribution is -2.26. The van der Waals surface area contributed by atoms with Gasteiger partial charge in [-0.2, -0.15) is 0 Å². The third-order valence-corrected chi connectivity index (χ3v) is 5.08. The SMILES string of the molecule is Cc1cc(C(C)C)c(N(C)S(C)(=O)=O)cc1C1CC1. The summed E-state index contributed by atoms with van der Waals surface area (Å²) < 4.78 is 25.0. The van der Waals surface area contributed by atoms with Crippen molar-refractivity contribution in [3.8, 4) is 0 Å². The molecule has 4 heteroatoms. The van der Waals surface area contributed by atoms with Gasteiger partial charge in [0.1, 0.15) is 0 Å². The summed E-state index contributed by atoms with van der Waals surface area (Å²) in [5.41, 5.74) is 4.55. The van der Waals surface area contributed by atoms with Crippen LogP contribution in [0.25, 0.3) is 0 Å². The zero-order chi connectivity index (χ0) is 14.4. The summed E-state index contributed by atoms with van der Waals surface area (Å²) in [5.74, 6) is 0.944. The van der Waals surface area contributed by atoms with Crippen molar-refractivity contribution in [2.75, 3.05) is 17.6 Å². The highest BCUT2D eigenvalue weighted by Crippen LogP contribution is 2.44. The maximum atomic E-state index is 11.8. The lowest BCUT2D eigenvalue weighted by atomic mass is 9.94. The topological polar surface area (TPSA) is 37.4 Å². The molecule has 106 valence electrons. The molecule has 0 aliphatic heterocycles. The summed E-state index contributed by atoms with van der Waals surface area (Å²) in [5, 5.41) is 0. The summed E-state index contributed by atoms with van der Waals surface area (Å²) in [6.45, 7) is 6.33. The number of rotatable bonds is 4. The summed E-state index contributed by atoms with van der Waals surface area (Å²) in [4.78, 5) is 0. The van der Waals surface area contributed by atoms with Crippen LogP contribution in [0.1, 0.15) is 55.2 Å². The van der Waals surface area contributed by atoms with E-state index in [1.54, 1.807) is 7.05 Å². The van der Waals surface area contributed by atoms with Crippen LogP contribution in [0.15, 0.2) is 12.1 Å². The average molecular weight is 281 g/mol. The molecular formula is C15H23NO2S. The maximum Gasteiger partial charge on any atom is 0.232 e. The third kappa shape index (κ3) is 2.94. The number of aryl methyl sites for hydroxylation is 1. The highest BCUT2D eigenvalue weighted by atomic mass is 32.2. The van der Waals surface area contributed by atoms with Gasteiger partial charge in [0.25, 0.3) is 0 Å². The van der Waals surface area contributed by atoms with Crippen LogP contribution in [-0.2, 0) is 10.0 Å². The van der Waals surface area contributed by atoms with E-state index in [0.717, 1.165) is 11.3 Å². The molecule has 3 nitrogen and oxygen atoms in total. The first-order valence-electron chi connectivity index (χ1n) is 6.80. The van der Waals surface area contributed by atoms with Gasteiger partial charge in [-0.05, 0) is 54.4 Å². The molecule has 1 fully saturated rings. The summed E-state index contributed by atoms with van der Waals surface area (Å²) in [6, 6.07) is 4.25. The molecule has 1 aromatic rings. The van der Waals surface area contributed by atoms with E-state index < -0.39 is 10.0 Å². The first kappa shape index (κ1) is 14.4. The van der Waals surface area contributed by atoms with Gasteiger partial charge in [0.2, 0.25) is 10.0 Å². The molecule has 1 aliphatic rings. The second-order valence-corrected chi connectivity index (χ2v) is 7.94. The molecule has 0 amide bonds. The number of nitrogens with zero attached hydrogens (tertiary/aromatic N) is 1. The quantitative estimate of drug-likeness (QED) is 0.848. The van der Waals surface area contributed by atoms with Gasteiger partial charge in [0.05, 0.1) is 11.9 Å². The number of hydrogen-bond donors (Lipinski definition) is 0. The monoisotopic (exact) mass is 281 g/mol. The van der Waals surface area contributed by atoms with Crippen LogP contribution in [0.5, 0.6) is 0 Å². The van der Waals surface area contributed by atoms with Crippen LogP contribution in [0.4, 0.5) is 5.69 Å². The molecule has 2 rings (SSSR count). The van der Waals surface area contributed by atoms with Gasteiger partial charge in [0, 0.05) is 7.05 Å². The fourth-order valence-corrected chi connectivity index (χ4v) is 3.00. The van der Waals surface area contributed by atoms with E-state index in [-0.39, 0.29) is 0 Å². The van der Waals surface area contributed by atoms with Gasteiger partial charge in [-0.15, -0.1) is 0 Å². The van der Waals surface area contributed by atoms with Crippen LogP contribution >= 0.6 is 0 Å². The van der Waals surface area contributed by atoms with Gasteiger partial charge in [-0.25, -0.2) is 8.42 Å². The fourth-order valence-electron chi connectivity index (χ4n) is 2.48. The molecule has 0 spiro atoms. The van der Waals surface area contributed by atoms with E-state index in [2.05, 4.69) is 32.9 Å². The van der Waals surface area contributed by atoms with E-state index in [1.807, 2.05) is 0 Å². The van der Waals surface area contributed by atoms with Crippen molar-refractivity contribution in [1.82, 2.24) is 0 Å². The van der Waals surface area contributed by atoms with Crippen LogP contribution < -0.4 is 4.31 Å². The summed E-state index contributed by atoms with van der Waals surface area (Å²) in [7, 11) is -1.57. The number of hydrogen-bond acceptors (Lipinski definition) is 2. The van der Waals surface area contributed by atoms with Gasteiger partial charge in [0.15, 0.2) is 0 Å². The van der Waals surface area contributed by atoms with Gasteiger partial charge < -0.3 is 0 Å². The Morgan fingerprint density at radius 1 is 1.26 bits per heavy atom. The normalized spacial score (nSPS) is 15.9. The van der Waals surface area contributed by atoms with Gasteiger partial charge in [-0.3, -0.25) is 4.31 Å². The molecule has 0 bridgehead atoms. The van der Waals surface area contributed by atoms with E-state index in [9.17, 15) is 8.42 Å². The lowest BCUT2D eigenvalue weighted by molar-refractivity contribution is 0.600. The molecule has 1 aliphatic carbocycles. The molecule has 0 radical (unpaired) electrons. The highest BCUT2D eigenvalue weighted by molar-refractivity contribution is 7.92. The van der Waals surface area contributed by atoms with Gasteiger partial charge >= 0.3 is 0 Å². The Morgan fingerprint density at radius 3 is 2.26 bits per heavy atom. The Kier molecular flexibility index (Phi) is 3.65. The minimum Gasteiger partial charge on any atom is -0.273 e. The first-order valence-corrected chi connectivity index (χ1v) is 8.65. The zero-order valence-electron chi connectivity index (χ0n) is 12.4. The molecule has 0 unspecified atom stereocenters. The molecule has 1 saturated carbocycles. The van der Waals surface area contributed by atoms with Crippen molar-refractivity contribution >= 4 is 15.7 Å². The molecule has 0 N–H and O–H groups in total. The second-order valence-electron chi connectivity index (χ2n) is 5.93. The van der Waals surface area contributed by atoms with E-state index in [1.165, 1.54) is 34.5 Å². The van der Waals surface area contributed by atoms with Crippen molar-refractivity contribution in [2.45, 2.75) is 45.4 Å². The van der Waals surface area contributed by atoms with Gasteiger partial charge in [-0.1, -0.05) is 19.9 Å². The van der Waals surface area contributed by atoms with Crippen molar-refractivity contribution in [3.05, 3.63) is 28.8 Å². The molecule has 0 aromatic heterocycles. The van der Waals surface area contributed by atoms with Crippen molar-refractivity contribution in [2.24, 2.45) is 0 Å². The van der Waals surface area contributed by atoms with Crippen molar-refractivity contribution < 1.29 is 8.42 Å². The highest BCUT2D eigenvalue weighted by Gasteiger charge is 2.28. The predicted octanol–water partition coefficient (Wildman–Crippen LogP) is 3.39. The summed E-state index contributed by atoms with van der Waals surface area (Å²) >= 11 is 0. The molecular weight excluding hydrogens is 258 g/mol. The van der Waals surface area contributed by atoms with Crippen LogP contribution in [-0.4, -0.2) is 21.7 Å². The molecule has 19 heavy (non-hydrogen) atoms. The van der Waals surface area contributed by atoms with Crippen LogP contribution in [0.3, 0.4) is 0 Å². The standard InChI is InChI=1S/C15H23NO2S/c1-10(2)13-8-11(3)14(12-6-7-12)9-15(13)16(4)19(5,17)18/h8-10,12H,6-7H2,1-5H3. The van der Waals surface area contributed by atoms with E-state index in [0.29, 0.717) is 11.8 Å². The number of benzene rings is 1. The largest absolute Gasteiger partial charge is 0.273 e. The summed E-state index contributed by atoms with van der Waals surface area (Å²) in [6.07, 6.45) is 3.71. The molecule has 1 aromatic carbocycles. The zero-order valence-corrected chi connectivity index (χ0v) is 13.2. The number of sulfonamides is 1. The first-order chi connectivity index (χ1) is 8.71. The second kappa shape index (κ2) is 4.82. The minimum atomic E-state index is -3.21. The Hall–Kier alpha value is -1.03. The van der Waals surface area contributed by atoms with E-state index in [4.69, 9.17) is 0 Å². The fraction of sp³-hybridized carbons (Fsp3) is 0.600. The smallest absolute Gasteiger partial charge is 0.232 e. The Labute approximate surface area is 116 Å². The van der Waals surface area contributed by atoms with Crippen LogP contribution in [0, 0.1) is 6.92 Å². The third-order valence-electron chi connectivity index (χ3n) is 3.89. The van der Waals surface area contributed by atoms with Crippen molar-refractivity contribution in [1.29, 1.82) is 0 Å². The minimum absolute atomic E-state index is 0.311. The van der Waals surface area contributed by atoms with E-state index >= 15 is 0 Å². The van der Waals surface area contributed by atoms with Crippen molar-refractivity contribution in [3.63, 3.8) is 0 Å². The average Bonchev–Trinajstić information content (AvgIpc) is 3.10. The Bertz CT molecular complexity index is 586. The predicted molar refractivity (Wildman–Crippen MR) is 80.5 cm³/mol. The van der Waals surface area contributed by atoms with Crippen LogP contribution in [0.2, 0.25) is 0 Å². The number of anilines is 1. The molecule has 0 saturated heterocycles. The lowest BCUT2D eigenvalue weighted by Gasteiger charge is -2.24. The Morgan fingerprint density at radius 2 is 1.84 bits per heavy atom. The molecule has 0 heterocycles. The molecule has 0 atom stereocenters. The Balaban J connectivity index is 2.58. The maximum absolute atomic E-state index is 11.8.